The lowest BCUT2D eigenvalue weighted by Crippen LogP contribution is -2.31. The number of carbonyl (C=O) groups is 1. The molecule has 0 bridgehead atoms. The van der Waals surface area contributed by atoms with E-state index in [0.717, 1.165) is 0 Å². The van der Waals surface area contributed by atoms with Crippen LogP contribution in [0.2, 0.25) is 0 Å². The molecule has 0 heterocycles. The summed E-state index contributed by atoms with van der Waals surface area (Å²) >= 11 is 0. The van der Waals surface area contributed by atoms with Gasteiger partial charge in [-0.15, -0.1) is 0 Å². The lowest BCUT2D eigenvalue weighted by molar-refractivity contribution is -0.119. The van der Waals surface area contributed by atoms with Gasteiger partial charge in [0.2, 0.25) is 5.91 Å². The molecular formula is C6H15N3O. The summed E-state index contributed by atoms with van der Waals surface area (Å²) in [7, 11) is 0. The summed E-state index contributed by atoms with van der Waals surface area (Å²) in [5, 5.41) is 6.81. The molecule has 0 aromatic rings. The standard InChI is InChI=1S/C4H9N3O.C2H6/c1-3(5)2-4(8)7-6;1-2/h5H,2,6H2,1H3,(H,7,8);1-2H3. The maximum absolute atomic E-state index is 10.2. The number of hydrogen-bond acceptors (Lipinski definition) is 3. The molecule has 4 nitrogen and oxygen atoms in total. The second kappa shape index (κ2) is 8.10. The third-order valence-electron chi connectivity index (χ3n) is 0.587. The maximum Gasteiger partial charge on any atom is 0.239 e. The van der Waals surface area contributed by atoms with Crippen LogP contribution in [0.4, 0.5) is 0 Å². The SMILES string of the molecule is CC.CC(=N)CC(=O)NN. The molecule has 0 aliphatic carbocycles. The Labute approximate surface area is 61.3 Å². The molecule has 60 valence electrons. The van der Waals surface area contributed by atoms with Gasteiger partial charge in [0, 0.05) is 5.71 Å². The van der Waals surface area contributed by atoms with Crippen molar-refractivity contribution in [3.05, 3.63) is 0 Å². The minimum absolute atomic E-state index is 0.0937. The molecule has 0 rings (SSSR count). The van der Waals surface area contributed by atoms with Gasteiger partial charge in [0.15, 0.2) is 0 Å². The van der Waals surface area contributed by atoms with Crippen LogP contribution in [0.15, 0.2) is 0 Å². The first-order valence-electron chi connectivity index (χ1n) is 3.20. The zero-order valence-electron chi connectivity index (χ0n) is 6.69. The van der Waals surface area contributed by atoms with E-state index in [4.69, 9.17) is 11.3 Å². The fraction of sp³-hybridized carbons (Fsp3) is 0.667. The predicted molar refractivity (Wildman–Crippen MR) is 41.7 cm³/mol. The molecule has 0 atom stereocenters. The Kier molecular flexibility index (Phi) is 9.59. The lowest BCUT2D eigenvalue weighted by Gasteiger charge is -1.93. The van der Waals surface area contributed by atoms with Crippen molar-refractivity contribution < 1.29 is 4.79 Å². The highest BCUT2D eigenvalue weighted by molar-refractivity contribution is 5.97. The van der Waals surface area contributed by atoms with Crippen molar-refractivity contribution in [3.8, 4) is 0 Å². The summed E-state index contributed by atoms with van der Waals surface area (Å²) < 4.78 is 0. The number of hydrazine groups is 1. The molecule has 0 radical (unpaired) electrons. The molecule has 0 spiro atoms. The summed E-state index contributed by atoms with van der Waals surface area (Å²) in [6, 6.07) is 0. The average Bonchev–Trinajstić information content (AvgIpc) is 1.91. The van der Waals surface area contributed by atoms with Gasteiger partial charge in [-0.1, -0.05) is 13.8 Å². The summed E-state index contributed by atoms with van der Waals surface area (Å²) in [6.07, 6.45) is 0.0937. The Morgan fingerprint density at radius 2 is 2.00 bits per heavy atom. The molecule has 10 heavy (non-hydrogen) atoms. The first-order chi connectivity index (χ1) is 4.66. The van der Waals surface area contributed by atoms with Gasteiger partial charge in [-0.05, 0) is 6.92 Å². The van der Waals surface area contributed by atoms with Crippen LogP contribution in [0.25, 0.3) is 0 Å². The van der Waals surface area contributed by atoms with Crippen molar-refractivity contribution in [3.63, 3.8) is 0 Å². The minimum Gasteiger partial charge on any atom is -0.309 e. The number of rotatable bonds is 2. The average molecular weight is 145 g/mol. The molecule has 4 heteroatoms. The number of hydrogen-bond donors (Lipinski definition) is 3. The van der Waals surface area contributed by atoms with E-state index in [1.807, 2.05) is 19.3 Å². The Hall–Kier alpha value is -0.900. The van der Waals surface area contributed by atoms with E-state index in [1.54, 1.807) is 6.92 Å². The van der Waals surface area contributed by atoms with Crippen molar-refractivity contribution in [2.75, 3.05) is 0 Å². The van der Waals surface area contributed by atoms with Crippen LogP contribution >= 0.6 is 0 Å². The first kappa shape index (κ1) is 11.8. The highest BCUT2D eigenvalue weighted by atomic mass is 16.2. The quantitative estimate of drug-likeness (QED) is 0.228. The summed E-state index contributed by atoms with van der Waals surface area (Å²) in [5.74, 6) is 4.40. The zero-order valence-corrected chi connectivity index (χ0v) is 6.69. The smallest absolute Gasteiger partial charge is 0.239 e. The van der Waals surface area contributed by atoms with Crippen LogP contribution in [0, 0.1) is 5.41 Å². The van der Waals surface area contributed by atoms with Crippen molar-refractivity contribution >= 4 is 11.6 Å². The molecule has 0 aliphatic heterocycles. The third-order valence-corrected chi connectivity index (χ3v) is 0.587. The molecule has 0 saturated heterocycles. The van der Waals surface area contributed by atoms with Gasteiger partial charge >= 0.3 is 0 Å². The normalized spacial score (nSPS) is 7.20. The maximum atomic E-state index is 10.2. The van der Waals surface area contributed by atoms with E-state index in [-0.39, 0.29) is 12.3 Å². The molecule has 0 unspecified atom stereocenters. The van der Waals surface area contributed by atoms with E-state index in [1.165, 1.54) is 0 Å². The molecule has 0 aromatic carbocycles. The Bertz CT molecular complexity index is 112. The third kappa shape index (κ3) is 10.2. The lowest BCUT2D eigenvalue weighted by atomic mass is 10.3. The fourth-order valence-electron chi connectivity index (χ4n) is 0.292. The number of nitrogens with two attached hydrogens (primary N) is 1. The molecule has 0 saturated carbocycles. The van der Waals surface area contributed by atoms with Crippen LogP contribution in [0.1, 0.15) is 27.2 Å². The zero-order chi connectivity index (χ0) is 8.57. The minimum atomic E-state index is -0.322. The fourth-order valence-corrected chi connectivity index (χ4v) is 0.292. The van der Waals surface area contributed by atoms with Gasteiger partial charge in [0.25, 0.3) is 0 Å². The largest absolute Gasteiger partial charge is 0.309 e. The van der Waals surface area contributed by atoms with Crippen LogP contribution in [0.5, 0.6) is 0 Å². The van der Waals surface area contributed by atoms with E-state index in [0.29, 0.717) is 5.71 Å². The van der Waals surface area contributed by atoms with Gasteiger partial charge in [-0.2, -0.15) is 0 Å². The summed E-state index contributed by atoms with van der Waals surface area (Å²) in [4.78, 5) is 10.2. The second-order valence-corrected chi connectivity index (χ2v) is 1.52. The van der Waals surface area contributed by atoms with E-state index in [2.05, 4.69) is 0 Å². The van der Waals surface area contributed by atoms with Crippen LogP contribution < -0.4 is 11.3 Å². The van der Waals surface area contributed by atoms with Crippen LogP contribution in [-0.2, 0) is 4.79 Å². The van der Waals surface area contributed by atoms with E-state index >= 15 is 0 Å². The predicted octanol–water partition coefficient (Wildman–Crippen LogP) is 0.432. The highest BCUT2D eigenvalue weighted by Crippen LogP contribution is 1.78. The number of nitrogens with one attached hydrogen (secondary N) is 2. The summed E-state index contributed by atoms with van der Waals surface area (Å²) in [5.41, 5.74) is 2.23. The van der Waals surface area contributed by atoms with E-state index in [9.17, 15) is 4.79 Å². The monoisotopic (exact) mass is 145 g/mol. The van der Waals surface area contributed by atoms with Crippen molar-refractivity contribution in [2.24, 2.45) is 5.84 Å². The Morgan fingerprint density at radius 1 is 1.60 bits per heavy atom. The van der Waals surface area contributed by atoms with Crippen LogP contribution in [-0.4, -0.2) is 11.6 Å². The molecular weight excluding hydrogens is 130 g/mol. The van der Waals surface area contributed by atoms with Gasteiger partial charge < -0.3 is 5.41 Å². The summed E-state index contributed by atoms with van der Waals surface area (Å²) in [6.45, 7) is 5.55. The van der Waals surface area contributed by atoms with Crippen LogP contribution in [0.3, 0.4) is 0 Å². The molecule has 4 N–H and O–H groups in total. The number of carbonyl (C=O) groups excluding carboxylic acids is 1. The van der Waals surface area contributed by atoms with Crippen molar-refractivity contribution in [1.29, 1.82) is 5.41 Å². The van der Waals surface area contributed by atoms with Gasteiger partial charge in [-0.25, -0.2) is 5.84 Å². The Balaban J connectivity index is 0. The number of amides is 1. The van der Waals surface area contributed by atoms with Gasteiger partial charge in [-0.3, -0.25) is 10.2 Å². The Morgan fingerprint density at radius 3 is 2.10 bits per heavy atom. The highest BCUT2D eigenvalue weighted by Gasteiger charge is 1.96. The molecule has 0 fully saturated rings. The van der Waals surface area contributed by atoms with Crippen molar-refractivity contribution in [1.82, 2.24) is 5.43 Å². The van der Waals surface area contributed by atoms with E-state index < -0.39 is 0 Å². The first-order valence-corrected chi connectivity index (χ1v) is 3.20. The van der Waals surface area contributed by atoms with Gasteiger partial charge in [0.05, 0.1) is 6.42 Å². The molecule has 1 amide bonds. The molecule has 0 aromatic heterocycles. The van der Waals surface area contributed by atoms with Gasteiger partial charge in [0.1, 0.15) is 0 Å². The topological polar surface area (TPSA) is 79.0 Å². The second-order valence-electron chi connectivity index (χ2n) is 1.52. The van der Waals surface area contributed by atoms with Crippen molar-refractivity contribution in [2.45, 2.75) is 27.2 Å². The molecule has 0 aliphatic rings.